The monoisotopic (exact) mass is 213 g/mol. The van der Waals surface area contributed by atoms with Gasteiger partial charge in [0.1, 0.15) is 0 Å². The standard InChI is InChI=1S/C10H19N3O2/c1-12(2)9(14)7-13(3)10(15)8-4-5-11-6-8/h8,11H,4-7H2,1-3H3/t8-/m0/s1. The average molecular weight is 213 g/mol. The van der Waals surface area contributed by atoms with Crippen molar-refractivity contribution in [1.82, 2.24) is 15.1 Å². The van der Waals surface area contributed by atoms with E-state index < -0.39 is 0 Å². The van der Waals surface area contributed by atoms with E-state index in [0.717, 1.165) is 19.5 Å². The molecule has 1 aliphatic rings. The van der Waals surface area contributed by atoms with Crippen LogP contribution in [0.25, 0.3) is 0 Å². The van der Waals surface area contributed by atoms with Crippen molar-refractivity contribution < 1.29 is 9.59 Å². The third-order valence-electron chi connectivity index (χ3n) is 2.66. The second-order valence-electron chi connectivity index (χ2n) is 4.17. The number of carbonyl (C=O) groups is 2. The Morgan fingerprint density at radius 3 is 2.47 bits per heavy atom. The molecule has 0 radical (unpaired) electrons. The first-order valence-electron chi connectivity index (χ1n) is 5.18. The van der Waals surface area contributed by atoms with E-state index in [0.29, 0.717) is 0 Å². The minimum atomic E-state index is -0.0446. The number of nitrogens with one attached hydrogen (secondary N) is 1. The van der Waals surface area contributed by atoms with E-state index in [1.807, 2.05) is 0 Å². The molecule has 0 spiro atoms. The van der Waals surface area contributed by atoms with Gasteiger partial charge < -0.3 is 15.1 Å². The minimum absolute atomic E-state index is 0.0446. The third kappa shape index (κ3) is 3.20. The zero-order valence-electron chi connectivity index (χ0n) is 9.62. The maximum atomic E-state index is 11.8. The molecule has 0 aromatic rings. The van der Waals surface area contributed by atoms with Gasteiger partial charge in [-0.2, -0.15) is 0 Å². The second kappa shape index (κ2) is 5.11. The molecule has 1 heterocycles. The Balaban J connectivity index is 2.42. The van der Waals surface area contributed by atoms with E-state index in [-0.39, 0.29) is 24.3 Å². The van der Waals surface area contributed by atoms with Crippen LogP contribution in [0.4, 0.5) is 0 Å². The van der Waals surface area contributed by atoms with Gasteiger partial charge in [0, 0.05) is 27.7 Å². The van der Waals surface area contributed by atoms with Crippen LogP contribution in [0.2, 0.25) is 0 Å². The number of hydrogen-bond donors (Lipinski definition) is 1. The van der Waals surface area contributed by atoms with Crippen LogP contribution in [0.3, 0.4) is 0 Å². The fourth-order valence-corrected chi connectivity index (χ4v) is 1.60. The Morgan fingerprint density at radius 1 is 1.33 bits per heavy atom. The highest BCUT2D eigenvalue weighted by Gasteiger charge is 2.26. The van der Waals surface area contributed by atoms with Crippen molar-refractivity contribution in [3.63, 3.8) is 0 Å². The molecule has 5 nitrogen and oxygen atoms in total. The third-order valence-corrected chi connectivity index (χ3v) is 2.66. The van der Waals surface area contributed by atoms with Crippen LogP contribution in [0.1, 0.15) is 6.42 Å². The van der Waals surface area contributed by atoms with E-state index in [4.69, 9.17) is 0 Å². The number of rotatable bonds is 3. The molecule has 0 bridgehead atoms. The minimum Gasteiger partial charge on any atom is -0.347 e. The van der Waals surface area contributed by atoms with Crippen molar-refractivity contribution in [2.24, 2.45) is 5.92 Å². The van der Waals surface area contributed by atoms with Gasteiger partial charge in [-0.3, -0.25) is 9.59 Å². The summed E-state index contributed by atoms with van der Waals surface area (Å²) in [6.07, 6.45) is 0.874. The Hall–Kier alpha value is -1.10. The molecule has 1 rings (SSSR count). The Labute approximate surface area is 90.4 Å². The Bertz CT molecular complexity index is 247. The number of likely N-dealkylation sites (N-methyl/N-ethyl adjacent to an activating group) is 2. The number of carbonyl (C=O) groups excluding carboxylic acids is 2. The molecule has 0 aliphatic carbocycles. The summed E-state index contributed by atoms with van der Waals surface area (Å²) in [5.41, 5.74) is 0. The Morgan fingerprint density at radius 2 is 2.00 bits per heavy atom. The van der Waals surface area contributed by atoms with Gasteiger partial charge in [0.05, 0.1) is 12.5 Å². The maximum absolute atomic E-state index is 11.8. The number of nitrogens with zero attached hydrogens (tertiary/aromatic N) is 2. The van der Waals surface area contributed by atoms with Crippen LogP contribution in [0.15, 0.2) is 0 Å². The van der Waals surface area contributed by atoms with Crippen molar-refractivity contribution in [2.75, 3.05) is 40.8 Å². The zero-order valence-corrected chi connectivity index (χ0v) is 9.62. The van der Waals surface area contributed by atoms with Gasteiger partial charge in [0.15, 0.2) is 0 Å². The molecule has 1 saturated heterocycles. The predicted octanol–water partition coefficient (Wildman–Crippen LogP) is -0.857. The highest BCUT2D eigenvalue weighted by atomic mass is 16.2. The van der Waals surface area contributed by atoms with Crippen molar-refractivity contribution >= 4 is 11.8 Å². The molecule has 1 atom stereocenters. The van der Waals surface area contributed by atoms with Crippen molar-refractivity contribution in [1.29, 1.82) is 0 Å². The van der Waals surface area contributed by atoms with Gasteiger partial charge in [-0.1, -0.05) is 0 Å². The molecule has 5 heteroatoms. The lowest BCUT2D eigenvalue weighted by Crippen LogP contribution is -2.41. The lowest BCUT2D eigenvalue weighted by molar-refractivity contribution is -0.140. The van der Waals surface area contributed by atoms with Crippen molar-refractivity contribution in [2.45, 2.75) is 6.42 Å². The fraction of sp³-hybridized carbons (Fsp3) is 0.800. The zero-order chi connectivity index (χ0) is 11.4. The first-order valence-corrected chi connectivity index (χ1v) is 5.18. The van der Waals surface area contributed by atoms with Crippen LogP contribution >= 0.6 is 0 Å². The summed E-state index contributed by atoms with van der Waals surface area (Å²) in [6, 6.07) is 0. The highest BCUT2D eigenvalue weighted by Crippen LogP contribution is 2.10. The van der Waals surface area contributed by atoms with Gasteiger partial charge >= 0.3 is 0 Å². The molecule has 1 aliphatic heterocycles. The second-order valence-corrected chi connectivity index (χ2v) is 4.17. The lowest BCUT2D eigenvalue weighted by Gasteiger charge is -2.21. The Kier molecular flexibility index (Phi) is 4.08. The van der Waals surface area contributed by atoms with E-state index in [1.165, 1.54) is 9.80 Å². The largest absolute Gasteiger partial charge is 0.347 e. The van der Waals surface area contributed by atoms with Crippen LogP contribution in [0.5, 0.6) is 0 Å². The van der Waals surface area contributed by atoms with Gasteiger partial charge in [0.2, 0.25) is 11.8 Å². The summed E-state index contributed by atoms with van der Waals surface area (Å²) in [4.78, 5) is 26.2. The molecule has 2 amide bonds. The SMILES string of the molecule is CN(C)C(=O)CN(C)C(=O)[C@H]1CCNC1. The van der Waals surface area contributed by atoms with Gasteiger partial charge in [-0.05, 0) is 13.0 Å². The molecule has 0 aromatic heterocycles. The highest BCUT2D eigenvalue weighted by molar-refractivity contribution is 5.85. The molecule has 0 aromatic carbocycles. The summed E-state index contributed by atoms with van der Waals surface area (Å²) in [5.74, 6) is 0.0666. The van der Waals surface area contributed by atoms with Crippen molar-refractivity contribution in [3.8, 4) is 0 Å². The maximum Gasteiger partial charge on any atom is 0.241 e. The molecule has 0 saturated carbocycles. The molecule has 86 valence electrons. The smallest absolute Gasteiger partial charge is 0.241 e. The summed E-state index contributed by atoms with van der Waals surface area (Å²) in [5, 5.41) is 3.14. The van der Waals surface area contributed by atoms with Crippen molar-refractivity contribution in [3.05, 3.63) is 0 Å². The van der Waals surface area contributed by atoms with Crippen LogP contribution < -0.4 is 5.32 Å². The number of amides is 2. The molecule has 0 unspecified atom stereocenters. The predicted molar refractivity (Wildman–Crippen MR) is 57.3 cm³/mol. The normalized spacial score (nSPS) is 20.1. The molecule has 1 fully saturated rings. The molecular weight excluding hydrogens is 194 g/mol. The van der Waals surface area contributed by atoms with Gasteiger partial charge in [-0.25, -0.2) is 0 Å². The van der Waals surface area contributed by atoms with Crippen LogP contribution in [-0.2, 0) is 9.59 Å². The summed E-state index contributed by atoms with van der Waals surface area (Å²) >= 11 is 0. The summed E-state index contributed by atoms with van der Waals surface area (Å²) in [7, 11) is 5.07. The first kappa shape index (κ1) is 12.0. The molecule has 15 heavy (non-hydrogen) atoms. The van der Waals surface area contributed by atoms with E-state index in [2.05, 4.69) is 5.32 Å². The first-order chi connectivity index (χ1) is 7.02. The van der Waals surface area contributed by atoms with Crippen LogP contribution in [0, 0.1) is 5.92 Å². The fourth-order valence-electron chi connectivity index (χ4n) is 1.60. The summed E-state index contributed by atoms with van der Waals surface area (Å²) in [6.45, 7) is 1.80. The topological polar surface area (TPSA) is 52.7 Å². The van der Waals surface area contributed by atoms with Gasteiger partial charge in [0.25, 0.3) is 0 Å². The molecule has 1 N–H and O–H groups in total. The van der Waals surface area contributed by atoms with Crippen LogP contribution in [-0.4, -0.2) is 62.4 Å². The average Bonchev–Trinajstić information content (AvgIpc) is 2.68. The van der Waals surface area contributed by atoms with E-state index >= 15 is 0 Å². The number of hydrogen-bond acceptors (Lipinski definition) is 3. The van der Waals surface area contributed by atoms with Gasteiger partial charge in [-0.15, -0.1) is 0 Å². The lowest BCUT2D eigenvalue weighted by atomic mass is 10.1. The van der Waals surface area contributed by atoms with E-state index in [1.54, 1.807) is 21.1 Å². The quantitative estimate of drug-likeness (QED) is 0.664. The molecular formula is C10H19N3O2. The van der Waals surface area contributed by atoms with E-state index in [9.17, 15) is 9.59 Å². The summed E-state index contributed by atoms with van der Waals surface area (Å²) < 4.78 is 0.